The lowest BCUT2D eigenvalue weighted by Gasteiger charge is -2.09. The van der Waals surface area contributed by atoms with Gasteiger partial charge in [0.1, 0.15) is 5.82 Å². The Morgan fingerprint density at radius 1 is 1.43 bits per heavy atom. The van der Waals surface area contributed by atoms with Crippen molar-refractivity contribution >= 4 is 34.7 Å². The molecular formula is C13H11ClN4O3. The van der Waals surface area contributed by atoms with Crippen molar-refractivity contribution in [3.63, 3.8) is 0 Å². The Kier molecular flexibility index (Phi) is 4.04. The molecule has 0 saturated heterocycles. The number of nitrogens with one attached hydrogen (secondary N) is 1. The first-order valence-corrected chi connectivity index (χ1v) is 6.23. The van der Waals surface area contributed by atoms with Gasteiger partial charge in [-0.1, -0.05) is 11.6 Å². The normalized spacial score (nSPS) is 10.2. The molecule has 0 radical (unpaired) electrons. The summed E-state index contributed by atoms with van der Waals surface area (Å²) in [5, 5.41) is 13.5. The van der Waals surface area contributed by atoms with Crippen LogP contribution in [-0.4, -0.2) is 15.8 Å². The van der Waals surface area contributed by atoms with Gasteiger partial charge in [0.2, 0.25) is 0 Å². The van der Waals surface area contributed by atoms with E-state index < -0.39 is 10.8 Å². The van der Waals surface area contributed by atoms with Gasteiger partial charge in [-0.25, -0.2) is 4.98 Å². The maximum Gasteiger partial charge on any atom is 0.269 e. The van der Waals surface area contributed by atoms with Crippen molar-refractivity contribution in [2.75, 3.05) is 11.1 Å². The van der Waals surface area contributed by atoms with Crippen LogP contribution in [0.4, 0.5) is 17.2 Å². The zero-order valence-corrected chi connectivity index (χ0v) is 11.7. The molecule has 3 N–H and O–H groups in total. The van der Waals surface area contributed by atoms with Crippen molar-refractivity contribution in [1.82, 2.24) is 4.98 Å². The summed E-state index contributed by atoms with van der Waals surface area (Å²) in [4.78, 5) is 26.1. The molecule has 7 nitrogen and oxygen atoms in total. The maximum atomic E-state index is 12.1. The average molecular weight is 307 g/mol. The van der Waals surface area contributed by atoms with Crippen LogP contribution >= 0.6 is 11.6 Å². The highest BCUT2D eigenvalue weighted by molar-refractivity contribution is 6.34. The molecule has 8 heteroatoms. The lowest BCUT2D eigenvalue weighted by molar-refractivity contribution is -0.384. The molecule has 1 aromatic carbocycles. The molecule has 0 aliphatic rings. The maximum absolute atomic E-state index is 12.1. The molecule has 21 heavy (non-hydrogen) atoms. The van der Waals surface area contributed by atoms with Gasteiger partial charge in [-0.3, -0.25) is 14.9 Å². The first kappa shape index (κ1) is 14.7. The number of anilines is 2. The summed E-state index contributed by atoms with van der Waals surface area (Å²) in [5.74, 6) is -0.295. The first-order chi connectivity index (χ1) is 9.88. The number of carbonyl (C=O) groups is 1. The molecule has 0 unspecified atom stereocenters. The van der Waals surface area contributed by atoms with Crippen LogP contribution < -0.4 is 11.1 Å². The summed E-state index contributed by atoms with van der Waals surface area (Å²) in [6.07, 6.45) is 1.29. The van der Waals surface area contributed by atoms with E-state index in [1.807, 2.05) is 0 Å². The van der Waals surface area contributed by atoms with Crippen LogP contribution in [0, 0.1) is 17.0 Å². The monoisotopic (exact) mass is 306 g/mol. The molecule has 0 fully saturated rings. The fourth-order valence-corrected chi connectivity index (χ4v) is 1.91. The number of pyridine rings is 1. The van der Waals surface area contributed by atoms with Gasteiger partial charge in [-0.05, 0) is 24.6 Å². The Morgan fingerprint density at radius 3 is 2.76 bits per heavy atom. The lowest BCUT2D eigenvalue weighted by atomic mass is 10.1. The number of nitro benzene ring substituents is 1. The summed E-state index contributed by atoms with van der Waals surface area (Å²) in [7, 11) is 0. The molecule has 1 amide bonds. The summed E-state index contributed by atoms with van der Waals surface area (Å²) in [5.41, 5.74) is 6.68. The van der Waals surface area contributed by atoms with Crippen molar-refractivity contribution in [1.29, 1.82) is 0 Å². The largest absolute Gasteiger partial charge is 0.384 e. The number of carbonyl (C=O) groups excluding carboxylic acids is 1. The molecular weight excluding hydrogens is 296 g/mol. The standard InChI is InChI=1S/C13H11ClN4O3/c1-7-4-8(18(20)21)2-3-11(7)17-13(19)9-5-12(15)16-6-10(9)14/h2-6H,1H3,(H2,15,16)(H,17,19). The number of nitrogens with zero attached hydrogens (tertiary/aromatic N) is 2. The molecule has 1 aromatic heterocycles. The van der Waals surface area contributed by atoms with E-state index in [0.29, 0.717) is 11.3 Å². The quantitative estimate of drug-likeness (QED) is 0.669. The van der Waals surface area contributed by atoms with Gasteiger partial charge in [0.15, 0.2) is 0 Å². The highest BCUT2D eigenvalue weighted by Crippen LogP contribution is 2.23. The Bertz CT molecular complexity index is 733. The molecule has 0 spiro atoms. The molecule has 2 rings (SSSR count). The number of non-ortho nitro benzene ring substituents is 1. The molecule has 0 atom stereocenters. The third-order valence-electron chi connectivity index (χ3n) is 2.79. The fourth-order valence-electron chi connectivity index (χ4n) is 1.72. The second-order valence-corrected chi connectivity index (χ2v) is 4.71. The summed E-state index contributed by atoms with van der Waals surface area (Å²) < 4.78 is 0. The van der Waals surface area contributed by atoms with Gasteiger partial charge >= 0.3 is 0 Å². The molecule has 0 aliphatic heterocycles. The Balaban J connectivity index is 2.27. The number of aryl methyl sites for hydroxylation is 1. The summed E-state index contributed by atoms with van der Waals surface area (Å²) in [6.45, 7) is 1.66. The van der Waals surface area contributed by atoms with Gasteiger partial charge in [0.25, 0.3) is 11.6 Å². The van der Waals surface area contributed by atoms with E-state index >= 15 is 0 Å². The number of rotatable bonds is 3. The molecule has 0 aliphatic carbocycles. The summed E-state index contributed by atoms with van der Waals surface area (Å²) in [6, 6.07) is 5.51. The van der Waals surface area contributed by atoms with Gasteiger partial charge in [0.05, 0.1) is 15.5 Å². The third kappa shape index (κ3) is 3.26. The van der Waals surface area contributed by atoms with Crippen LogP contribution in [-0.2, 0) is 0 Å². The lowest BCUT2D eigenvalue weighted by Crippen LogP contribution is -2.14. The van der Waals surface area contributed by atoms with Crippen LogP contribution in [0.5, 0.6) is 0 Å². The van der Waals surface area contributed by atoms with E-state index in [0.717, 1.165) is 0 Å². The minimum atomic E-state index is -0.501. The zero-order chi connectivity index (χ0) is 15.6. The predicted molar refractivity (Wildman–Crippen MR) is 79.4 cm³/mol. The Hall–Kier alpha value is -2.67. The number of nitrogen functional groups attached to an aromatic ring is 1. The summed E-state index contributed by atoms with van der Waals surface area (Å²) >= 11 is 5.90. The number of halogens is 1. The first-order valence-electron chi connectivity index (χ1n) is 5.86. The SMILES string of the molecule is Cc1cc([N+](=O)[O-])ccc1NC(=O)c1cc(N)ncc1Cl. The van der Waals surface area contributed by atoms with E-state index in [1.54, 1.807) is 6.92 Å². The van der Waals surface area contributed by atoms with E-state index in [4.69, 9.17) is 17.3 Å². The fraction of sp³-hybridized carbons (Fsp3) is 0.0769. The predicted octanol–water partition coefficient (Wildman–Crippen LogP) is 2.79. The number of aromatic nitrogens is 1. The number of hydrogen-bond donors (Lipinski definition) is 2. The van der Waals surface area contributed by atoms with Crippen molar-refractivity contribution in [3.05, 3.63) is 56.7 Å². The molecule has 108 valence electrons. The smallest absolute Gasteiger partial charge is 0.269 e. The molecule has 0 saturated carbocycles. The molecule has 0 bridgehead atoms. The number of hydrogen-bond acceptors (Lipinski definition) is 5. The molecule has 2 aromatic rings. The Morgan fingerprint density at radius 2 is 2.14 bits per heavy atom. The third-order valence-corrected chi connectivity index (χ3v) is 3.09. The minimum Gasteiger partial charge on any atom is -0.384 e. The van der Waals surface area contributed by atoms with Gasteiger partial charge < -0.3 is 11.1 Å². The Labute approximate surface area is 124 Å². The van der Waals surface area contributed by atoms with Gasteiger partial charge in [-0.2, -0.15) is 0 Å². The van der Waals surface area contributed by atoms with Crippen LogP contribution in [0.25, 0.3) is 0 Å². The minimum absolute atomic E-state index is 0.0447. The topological polar surface area (TPSA) is 111 Å². The number of nitro groups is 1. The van der Waals surface area contributed by atoms with E-state index in [-0.39, 0.29) is 22.1 Å². The second kappa shape index (κ2) is 5.76. The number of nitrogens with two attached hydrogens (primary N) is 1. The number of benzene rings is 1. The zero-order valence-electron chi connectivity index (χ0n) is 11.0. The van der Waals surface area contributed by atoms with E-state index in [1.165, 1.54) is 30.5 Å². The van der Waals surface area contributed by atoms with Crippen molar-refractivity contribution in [2.45, 2.75) is 6.92 Å². The molecule has 1 heterocycles. The van der Waals surface area contributed by atoms with Crippen molar-refractivity contribution in [3.8, 4) is 0 Å². The average Bonchev–Trinajstić information content (AvgIpc) is 2.43. The van der Waals surface area contributed by atoms with Crippen molar-refractivity contribution < 1.29 is 9.72 Å². The van der Waals surface area contributed by atoms with Gasteiger partial charge in [-0.15, -0.1) is 0 Å². The van der Waals surface area contributed by atoms with Crippen LogP contribution in [0.2, 0.25) is 5.02 Å². The second-order valence-electron chi connectivity index (χ2n) is 4.30. The van der Waals surface area contributed by atoms with Crippen LogP contribution in [0.15, 0.2) is 30.5 Å². The van der Waals surface area contributed by atoms with E-state index in [9.17, 15) is 14.9 Å². The van der Waals surface area contributed by atoms with Crippen molar-refractivity contribution in [2.24, 2.45) is 0 Å². The van der Waals surface area contributed by atoms with Crippen LogP contribution in [0.3, 0.4) is 0 Å². The number of amides is 1. The van der Waals surface area contributed by atoms with E-state index in [2.05, 4.69) is 10.3 Å². The van der Waals surface area contributed by atoms with Gasteiger partial charge in [0, 0.05) is 24.0 Å². The highest BCUT2D eigenvalue weighted by Gasteiger charge is 2.14. The highest BCUT2D eigenvalue weighted by atomic mass is 35.5. The van der Waals surface area contributed by atoms with Crippen LogP contribution in [0.1, 0.15) is 15.9 Å².